The average Bonchev–Trinajstić information content (AvgIpc) is 2.90. The van der Waals surface area contributed by atoms with Crippen molar-refractivity contribution in [2.75, 3.05) is 20.2 Å². The Morgan fingerprint density at radius 3 is 2.43 bits per heavy atom. The van der Waals surface area contributed by atoms with E-state index in [-0.39, 0.29) is 5.41 Å². The van der Waals surface area contributed by atoms with Gasteiger partial charge in [0.25, 0.3) is 0 Å². The molecule has 0 aliphatic carbocycles. The molecule has 2 heterocycles. The molecule has 2 atom stereocenters. The Morgan fingerprint density at radius 2 is 1.76 bits per heavy atom. The molecule has 0 unspecified atom stereocenters. The molecule has 0 bridgehead atoms. The summed E-state index contributed by atoms with van der Waals surface area (Å²) in [5.41, 5.74) is 2.49. The number of nitrogens with one attached hydrogen (secondary N) is 1. The van der Waals surface area contributed by atoms with Crippen LogP contribution in [0, 0.1) is 29.8 Å². The van der Waals surface area contributed by atoms with E-state index in [1.807, 2.05) is 25.1 Å². The fourth-order valence-electron chi connectivity index (χ4n) is 5.66. The number of nitrogens with zero attached hydrogens (tertiary/aromatic N) is 1. The lowest BCUT2D eigenvalue weighted by Crippen LogP contribution is -2.44. The van der Waals surface area contributed by atoms with Crippen molar-refractivity contribution in [3.05, 3.63) is 70.7 Å². The number of hydrogen-bond acceptors (Lipinski definition) is 5. The highest BCUT2D eigenvalue weighted by atomic mass is 19.2. The lowest BCUT2D eigenvalue weighted by molar-refractivity contribution is -0.0209. The van der Waals surface area contributed by atoms with Gasteiger partial charge >= 0.3 is 0 Å². The summed E-state index contributed by atoms with van der Waals surface area (Å²) < 4.78 is 45.7. The van der Waals surface area contributed by atoms with Gasteiger partial charge in [-0.25, -0.2) is 13.2 Å². The third-order valence-corrected chi connectivity index (χ3v) is 7.86. The summed E-state index contributed by atoms with van der Waals surface area (Å²) in [7, 11) is 1.60. The maximum absolute atomic E-state index is 13.6. The largest absolute Gasteiger partial charge is 0.497 e. The van der Waals surface area contributed by atoms with Crippen LogP contribution in [0.3, 0.4) is 0 Å². The molecule has 1 aromatic heterocycles. The van der Waals surface area contributed by atoms with Crippen LogP contribution in [-0.4, -0.2) is 41.5 Å². The summed E-state index contributed by atoms with van der Waals surface area (Å²) in [6.45, 7) is 3.48. The lowest BCUT2D eigenvalue weighted by atomic mass is 9.69. The summed E-state index contributed by atoms with van der Waals surface area (Å²) >= 11 is 0. The number of aryl methyl sites for hydroxylation is 2. The molecule has 5 nitrogen and oxygen atoms in total. The number of halogens is 3. The second-order valence-corrected chi connectivity index (χ2v) is 10.2. The van der Waals surface area contributed by atoms with E-state index in [1.165, 1.54) is 0 Å². The quantitative estimate of drug-likeness (QED) is 0.309. The van der Waals surface area contributed by atoms with Gasteiger partial charge in [-0.05, 0) is 117 Å². The van der Waals surface area contributed by atoms with Gasteiger partial charge in [0.2, 0.25) is 0 Å². The third-order valence-electron chi connectivity index (χ3n) is 7.86. The van der Waals surface area contributed by atoms with Gasteiger partial charge in [-0.2, -0.15) is 0 Å². The summed E-state index contributed by atoms with van der Waals surface area (Å²) in [5, 5.41) is 26.8. The third kappa shape index (κ3) is 6.08. The zero-order chi connectivity index (χ0) is 26.6. The maximum atomic E-state index is 13.6. The Kier molecular flexibility index (Phi) is 8.72. The van der Waals surface area contributed by atoms with Crippen LogP contribution in [0.25, 0.3) is 10.9 Å². The number of pyridine rings is 1. The molecule has 1 fully saturated rings. The molecule has 1 aliphatic heterocycles. The van der Waals surface area contributed by atoms with E-state index in [9.17, 15) is 23.4 Å². The number of hydrogen-bond donors (Lipinski definition) is 3. The second-order valence-electron chi connectivity index (χ2n) is 10.2. The molecule has 0 spiro atoms. The van der Waals surface area contributed by atoms with E-state index in [2.05, 4.69) is 10.3 Å². The summed E-state index contributed by atoms with van der Waals surface area (Å²) in [6.07, 6.45) is 4.34. The van der Waals surface area contributed by atoms with E-state index in [0.29, 0.717) is 43.4 Å². The molecule has 2 aromatic carbocycles. The van der Waals surface area contributed by atoms with E-state index in [0.717, 1.165) is 60.1 Å². The molecule has 4 rings (SSSR count). The van der Waals surface area contributed by atoms with Crippen molar-refractivity contribution < 1.29 is 28.1 Å². The van der Waals surface area contributed by atoms with Crippen LogP contribution in [0.1, 0.15) is 61.3 Å². The summed E-state index contributed by atoms with van der Waals surface area (Å²) in [5.74, 6) is -3.17. The minimum Gasteiger partial charge on any atom is -0.497 e. The van der Waals surface area contributed by atoms with E-state index >= 15 is 0 Å². The summed E-state index contributed by atoms with van der Waals surface area (Å²) in [6, 6.07) is 7.64. The average molecular weight is 517 g/mol. The van der Waals surface area contributed by atoms with Crippen molar-refractivity contribution in [3.8, 4) is 5.75 Å². The van der Waals surface area contributed by atoms with Gasteiger partial charge in [0.15, 0.2) is 17.5 Å². The van der Waals surface area contributed by atoms with Gasteiger partial charge in [-0.1, -0.05) is 0 Å². The first-order valence-corrected chi connectivity index (χ1v) is 12.9. The zero-order valence-electron chi connectivity index (χ0n) is 21.4. The van der Waals surface area contributed by atoms with Crippen molar-refractivity contribution in [1.29, 1.82) is 0 Å². The number of rotatable bonds is 10. The highest BCUT2D eigenvalue weighted by Crippen LogP contribution is 2.42. The van der Waals surface area contributed by atoms with E-state index in [1.54, 1.807) is 13.3 Å². The van der Waals surface area contributed by atoms with Crippen molar-refractivity contribution >= 4 is 10.9 Å². The molecule has 1 saturated heterocycles. The van der Waals surface area contributed by atoms with Crippen molar-refractivity contribution in [2.45, 2.75) is 64.1 Å². The minimum atomic E-state index is -1.47. The van der Waals surface area contributed by atoms with Gasteiger partial charge in [0, 0.05) is 11.6 Å². The molecule has 8 heteroatoms. The first-order valence-electron chi connectivity index (χ1n) is 12.9. The molecule has 200 valence electrons. The Bertz CT molecular complexity index is 1210. The number of ether oxygens (including phenoxy) is 1. The first-order chi connectivity index (χ1) is 17.7. The second kappa shape index (κ2) is 11.8. The molecule has 0 saturated carbocycles. The summed E-state index contributed by atoms with van der Waals surface area (Å²) in [4.78, 5) is 4.48. The highest BCUT2D eigenvalue weighted by molar-refractivity contribution is 5.84. The van der Waals surface area contributed by atoms with E-state index < -0.39 is 29.7 Å². The van der Waals surface area contributed by atoms with Gasteiger partial charge in [0.05, 0.1) is 24.8 Å². The molecule has 1 aliphatic rings. The van der Waals surface area contributed by atoms with Crippen LogP contribution in [0.15, 0.2) is 36.5 Å². The SMILES string of the molecule is COc1ccc2ncc(C)c([C@H](O)CCC3([C@@H](O)CCCc4cc(F)c(F)c(F)c4)CCNCC3)c2c1. The number of methoxy groups -OCH3 is 1. The van der Waals surface area contributed by atoms with Crippen LogP contribution in [0.5, 0.6) is 5.75 Å². The van der Waals surface area contributed by atoms with Gasteiger partial charge in [-0.3, -0.25) is 4.98 Å². The van der Waals surface area contributed by atoms with Crippen LogP contribution >= 0.6 is 0 Å². The number of benzene rings is 2. The normalized spacial score (nSPS) is 17.1. The Morgan fingerprint density at radius 1 is 1.05 bits per heavy atom. The smallest absolute Gasteiger partial charge is 0.194 e. The molecule has 3 N–H and O–H groups in total. The van der Waals surface area contributed by atoms with Crippen LogP contribution in [0.4, 0.5) is 13.2 Å². The minimum absolute atomic E-state index is 0.339. The molecule has 3 aromatic rings. The lowest BCUT2D eigenvalue weighted by Gasteiger charge is -2.42. The van der Waals surface area contributed by atoms with Crippen molar-refractivity contribution in [3.63, 3.8) is 0 Å². The zero-order valence-corrected chi connectivity index (χ0v) is 21.4. The Hall–Kier alpha value is -2.68. The number of piperidine rings is 1. The van der Waals surface area contributed by atoms with Crippen LogP contribution in [0.2, 0.25) is 0 Å². The molecule has 0 radical (unpaired) electrons. The predicted molar refractivity (Wildman–Crippen MR) is 137 cm³/mol. The molecular weight excluding hydrogens is 481 g/mol. The first kappa shape index (κ1) is 27.4. The number of fused-ring (bicyclic) bond motifs is 1. The monoisotopic (exact) mass is 516 g/mol. The Labute approximate surface area is 215 Å². The number of aromatic nitrogens is 1. The van der Waals surface area contributed by atoms with Gasteiger partial charge in [-0.15, -0.1) is 0 Å². The predicted octanol–water partition coefficient (Wildman–Crippen LogP) is 5.54. The highest BCUT2D eigenvalue weighted by Gasteiger charge is 2.39. The fourth-order valence-corrected chi connectivity index (χ4v) is 5.66. The van der Waals surface area contributed by atoms with Crippen molar-refractivity contribution in [2.24, 2.45) is 5.41 Å². The molecule has 0 amide bonds. The Balaban J connectivity index is 1.46. The topological polar surface area (TPSA) is 74.6 Å². The van der Waals surface area contributed by atoms with E-state index in [4.69, 9.17) is 4.74 Å². The van der Waals surface area contributed by atoms with Crippen molar-refractivity contribution in [1.82, 2.24) is 10.3 Å². The van der Waals surface area contributed by atoms with Gasteiger partial charge in [0.1, 0.15) is 5.75 Å². The molecule has 37 heavy (non-hydrogen) atoms. The standard InChI is InChI=1S/C29H35F3N2O3/c1-18-17-34-24-7-6-20(37-2)16-21(24)27(18)25(35)8-9-29(10-12-33-13-11-29)26(36)5-3-4-19-14-22(30)28(32)23(31)15-19/h6-7,14-17,25-26,33,35-36H,3-5,8-13H2,1-2H3/t25-,26+/m1/s1. The number of aliphatic hydroxyl groups excluding tert-OH is 2. The van der Waals surface area contributed by atoms with Crippen LogP contribution in [-0.2, 0) is 6.42 Å². The van der Waals surface area contributed by atoms with Crippen LogP contribution < -0.4 is 10.1 Å². The van der Waals surface area contributed by atoms with Gasteiger partial charge < -0.3 is 20.3 Å². The fraction of sp³-hybridized carbons (Fsp3) is 0.483. The maximum Gasteiger partial charge on any atom is 0.194 e. The molecular formula is C29H35F3N2O3. The number of aliphatic hydroxyl groups is 2.